The number of imidazole rings is 1. The standard InChI is InChI=1S/C20H28N4O3/c1-16(15-24-8-7-21-17(24)2)20(25)22-18-3-5-19(6-4-18)27-14-11-23-9-12-26-13-10-23/h3-8,16H,9-15H2,1-2H3,(H,22,25)/t16-/m1/s1. The summed E-state index contributed by atoms with van der Waals surface area (Å²) in [7, 11) is 0. The maximum absolute atomic E-state index is 12.4. The smallest absolute Gasteiger partial charge is 0.229 e. The maximum atomic E-state index is 12.4. The fraction of sp³-hybridized carbons (Fsp3) is 0.500. The molecule has 0 saturated carbocycles. The molecule has 0 aliphatic carbocycles. The summed E-state index contributed by atoms with van der Waals surface area (Å²) in [5.74, 6) is 1.56. The number of anilines is 1. The third-order valence-corrected chi connectivity index (χ3v) is 4.74. The molecule has 2 heterocycles. The summed E-state index contributed by atoms with van der Waals surface area (Å²) in [6.45, 7) is 9.53. The number of nitrogens with one attached hydrogen (secondary N) is 1. The van der Waals surface area contributed by atoms with Gasteiger partial charge in [0.2, 0.25) is 5.91 Å². The molecule has 1 aromatic heterocycles. The van der Waals surface area contributed by atoms with Crippen LogP contribution in [0.25, 0.3) is 0 Å². The lowest BCUT2D eigenvalue weighted by atomic mass is 10.1. The minimum Gasteiger partial charge on any atom is -0.492 e. The minimum atomic E-state index is -0.151. The molecule has 1 atom stereocenters. The number of carbonyl (C=O) groups excluding carboxylic acids is 1. The number of morpholine rings is 1. The largest absolute Gasteiger partial charge is 0.492 e. The number of amides is 1. The first-order valence-electron chi connectivity index (χ1n) is 9.43. The van der Waals surface area contributed by atoms with E-state index in [0.717, 1.165) is 50.1 Å². The van der Waals surface area contributed by atoms with E-state index in [9.17, 15) is 4.79 Å². The van der Waals surface area contributed by atoms with E-state index in [1.165, 1.54) is 0 Å². The lowest BCUT2D eigenvalue weighted by molar-refractivity contribution is -0.119. The summed E-state index contributed by atoms with van der Waals surface area (Å²) >= 11 is 0. The lowest BCUT2D eigenvalue weighted by Crippen LogP contribution is -2.38. The van der Waals surface area contributed by atoms with Gasteiger partial charge >= 0.3 is 0 Å². The van der Waals surface area contributed by atoms with Crippen molar-refractivity contribution in [2.24, 2.45) is 5.92 Å². The van der Waals surface area contributed by atoms with Crippen molar-refractivity contribution in [3.05, 3.63) is 42.5 Å². The average Bonchev–Trinajstić information content (AvgIpc) is 3.08. The van der Waals surface area contributed by atoms with Gasteiger partial charge in [0.1, 0.15) is 18.2 Å². The third-order valence-electron chi connectivity index (χ3n) is 4.74. The fourth-order valence-electron chi connectivity index (χ4n) is 2.99. The molecule has 146 valence electrons. The minimum absolute atomic E-state index is 0.0101. The Kier molecular flexibility index (Phi) is 6.84. The van der Waals surface area contributed by atoms with Gasteiger partial charge in [-0.15, -0.1) is 0 Å². The SMILES string of the molecule is Cc1nccn1C[C@@H](C)C(=O)Nc1ccc(OCCN2CCOCC2)cc1. The summed E-state index contributed by atoms with van der Waals surface area (Å²) in [4.78, 5) is 18.9. The van der Waals surface area contributed by atoms with Crippen LogP contribution < -0.4 is 10.1 Å². The molecular formula is C20H28N4O3. The number of hydrogen-bond donors (Lipinski definition) is 1. The molecule has 1 aromatic carbocycles. The van der Waals surface area contributed by atoms with Gasteiger partial charge < -0.3 is 19.4 Å². The van der Waals surface area contributed by atoms with E-state index >= 15 is 0 Å². The highest BCUT2D eigenvalue weighted by molar-refractivity contribution is 5.92. The number of benzene rings is 1. The number of nitrogens with zero attached hydrogens (tertiary/aromatic N) is 3. The molecule has 27 heavy (non-hydrogen) atoms. The van der Waals surface area contributed by atoms with Crippen LogP contribution in [0.4, 0.5) is 5.69 Å². The van der Waals surface area contributed by atoms with Crippen LogP contribution in [0.2, 0.25) is 0 Å². The highest BCUT2D eigenvalue weighted by Crippen LogP contribution is 2.17. The molecule has 2 aromatic rings. The summed E-state index contributed by atoms with van der Waals surface area (Å²) in [6, 6.07) is 7.52. The Hall–Kier alpha value is -2.38. The Balaban J connectivity index is 1.42. The zero-order valence-corrected chi connectivity index (χ0v) is 16.1. The van der Waals surface area contributed by atoms with Crippen molar-refractivity contribution in [3.8, 4) is 5.75 Å². The first kappa shape index (κ1) is 19.4. The Morgan fingerprint density at radius 3 is 2.70 bits per heavy atom. The van der Waals surface area contributed by atoms with Crippen LogP contribution in [0, 0.1) is 12.8 Å². The second-order valence-electron chi connectivity index (χ2n) is 6.84. The summed E-state index contributed by atoms with van der Waals surface area (Å²) in [5.41, 5.74) is 0.773. The molecular weight excluding hydrogens is 344 g/mol. The Morgan fingerprint density at radius 2 is 2.04 bits per heavy atom. The van der Waals surface area contributed by atoms with E-state index < -0.39 is 0 Å². The molecule has 1 saturated heterocycles. The van der Waals surface area contributed by atoms with Gasteiger partial charge in [-0.25, -0.2) is 4.98 Å². The fourth-order valence-corrected chi connectivity index (χ4v) is 2.99. The second kappa shape index (κ2) is 9.53. The van der Waals surface area contributed by atoms with Gasteiger partial charge in [0.25, 0.3) is 0 Å². The van der Waals surface area contributed by atoms with Crippen LogP contribution in [0.1, 0.15) is 12.7 Å². The van der Waals surface area contributed by atoms with E-state index in [4.69, 9.17) is 9.47 Å². The maximum Gasteiger partial charge on any atom is 0.229 e. The number of hydrogen-bond acceptors (Lipinski definition) is 5. The van der Waals surface area contributed by atoms with Crippen molar-refractivity contribution in [2.75, 3.05) is 44.8 Å². The van der Waals surface area contributed by atoms with E-state index in [1.807, 2.05) is 48.9 Å². The number of carbonyl (C=O) groups is 1. The summed E-state index contributed by atoms with van der Waals surface area (Å²) in [6.07, 6.45) is 3.64. The van der Waals surface area contributed by atoms with Crippen molar-refractivity contribution >= 4 is 11.6 Å². The van der Waals surface area contributed by atoms with Gasteiger partial charge in [0.05, 0.1) is 19.1 Å². The van der Waals surface area contributed by atoms with Crippen LogP contribution in [0.3, 0.4) is 0 Å². The number of aryl methyl sites for hydroxylation is 1. The van der Waals surface area contributed by atoms with Crippen molar-refractivity contribution < 1.29 is 14.3 Å². The quantitative estimate of drug-likeness (QED) is 0.769. The van der Waals surface area contributed by atoms with Crippen molar-refractivity contribution in [2.45, 2.75) is 20.4 Å². The second-order valence-corrected chi connectivity index (χ2v) is 6.84. The van der Waals surface area contributed by atoms with Gasteiger partial charge in [-0.3, -0.25) is 9.69 Å². The highest BCUT2D eigenvalue weighted by Gasteiger charge is 2.15. The molecule has 1 amide bonds. The van der Waals surface area contributed by atoms with Crippen molar-refractivity contribution in [1.29, 1.82) is 0 Å². The zero-order chi connectivity index (χ0) is 19.1. The zero-order valence-electron chi connectivity index (χ0n) is 16.1. The summed E-state index contributed by atoms with van der Waals surface area (Å²) < 4.78 is 13.1. The molecule has 1 fully saturated rings. The van der Waals surface area contributed by atoms with Gasteiger partial charge in [0, 0.05) is 44.3 Å². The van der Waals surface area contributed by atoms with Gasteiger partial charge in [-0.05, 0) is 31.2 Å². The molecule has 0 radical (unpaired) electrons. The Morgan fingerprint density at radius 1 is 1.30 bits per heavy atom. The molecule has 1 aliphatic heterocycles. The topological polar surface area (TPSA) is 68.6 Å². The van der Waals surface area contributed by atoms with Crippen LogP contribution in [-0.2, 0) is 16.1 Å². The molecule has 0 unspecified atom stereocenters. The molecule has 0 bridgehead atoms. The number of rotatable bonds is 8. The first-order chi connectivity index (χ1) is 13.1. The Labute approximate surface area is 160 Å². The van der Waals surface area contributed by atoms with E-state index in [-0.39, 0.29) is 11.8 Å². The third kappa shape index (κ3) is 5.80. The molecule has 3 rings (SSSR count). The predicted molar refractivity (Wildman–Crippen MR) is 104 cm³/mol. The van der Waals surface area contributed by atoms with Gasteiger partial charge in [-0.2, -0.15) is 0 Å². The van der Waals surface area contributed by atoms with Crippen molar-refractivity contribution in [3.63, 3.8) is 0 Å². The normalized spacial score (nSPS) is 16.1. The number of aromatic nitrogens is 2. The lowest BCUT2D eigenvalue weighted by Gasteiger charge is -2.26. The van der Waals surface area contributed by atoms with Crippen LogP contribution in [0.15, 0.2) is 36.7 Å². The molecule has 7 nitrogen and oxygen atoms in total. The average molecular weight is 372 g/mol. The number of ether oxygens (including phenoxy) is 2. The van der Waals surface area contributed by atoms with E-state index in [0.29, 0.717) is 13.2 Å². The predicted octanol–water partition coefficient (Wildman–Crippen LogP) is 2.18. The molecule has 1 aliphatic rings. The molecule has 7 heteroatoms. The van der Waals surface area contributed by atoms with Crippen LogP contribution in [-0.4, -0.2) is 59.8 Å². The first-order valence-corrected chi connectivity index (χ1v) is 9.43. The molecule has 0 spiro atoms. The Bertz CT molecular complexity index is 723. The van der Waals surface area contributed by atoms with Gasteiger partial charge in [-0.1, -0.05) is 6.92 Å². The monoisotopic (exact) mass is 372 g/mol. The van der Waals surface area contributed by atoms with Gasteiger partial charge in [0.15, 0.2) is 0 Å². The highest BCUT2D eigenvalue weighted by atomic mass is 16.5. The van der Waals surface area contributed by atoms with Crippen LogP contribution in [0.5, 0.6) is 5.75 Å². The summed E-state index contributed by atoms with van der Waals surface area (Å²) in [5, 5.41) is 2.96. The van der Waals surface area contributed by atoms with Crippen molar-refractivity contribution in [1.82, 2.24) is 14.5 Å². The van der Waals surface area contributed by atoms with Crippen LogP contribution >= 0.6 is 0 Å². The van der Waals surface area contributed by atoms with E-state index in [2.05, 4.69) is 15.2 Å². The van der Waals surface area contributed by atoms with E-state index in [1.54, 1.807) is 6.20 Å². The molecule has 1 N–H and O–H groups in total.